The summed E-state index contributed by atoms with van der Waals surface area (Å²) >= 11 is 1.57. The number of anilines is 1. The molecule has 0 aliphatic rings. The van der Waals surface area contributed by atoms with Crippen LogP contribution in [-0.2, 0) is 0 Å². The Balaban J connectivity index is 2.57. The summed E-state index contributed by atoms with van der Waals surface area (Å²) in [6.45, 7) is 4.25. The Morgan fingerprint density at radius 2 is 2.27 bits per heavy atom. The van der Waals surface area contributed by atoms with Crippen LogP contribution in [0.4, 0.5) is 5.82 Å². The molecule has 0 saturated heterocycles. The highest BCUT2D eigenvalue weighted by Gasteiger charge is 2.16. The third-order valence-electron chi connectivity index (χ3n) is 2.26. The van der Waals surface area contributed by atoms with E-state index < -0.39 is 5.60 Å². The van der Waals surface area contributed by atoms with Gasteiger partial charge in [-0.2, -0.15) is 0 Å². The summed E-state index contributed by atoms with van der Waals surface area (Å²) in [6.07, 6.45) is 4.20. The molecule has 0 aliphatic carbocycles. The van der Waals surface area contributed by atoms with E-state index in [1.165, 1.54) is 6.33 Å². The Labute approximate surface area is 94.5 Å². The highest BCUT2D eigenvalue weighted by Crippen LogP contribution is 2.15. The van der Waals surface area contributed by atoms with Gasteiger partial charge in [0, 0.05) is 12.6 Å². The van der Waals surface area contributed by atoms with Crippen LogP contribution in [0.3, 0.4) is 0 Å². The summed E-state index contributed by atoms with van der Waals surface area (Å²) in [5.41, 5.74) is -0.690. The van der Waals surface area contributed by atoms with E-state index in [9.17, 15) is 5.11 Å². The summed E-state index contributed by atoms with van der Waals surface area (Å²) in [5.74, 6) is 0.753. The molecule has 0 spiro atoms. The number of aromatic nitrogens is 2. The van der Waals surface area contributed by atoms with Gasteiger partial charge in [-0.25, -0.2) is 9.97 Å². The summed E-state index contributed by atoms with van der Waals surface area (Å²) < 4.78 is 0. The monoisotopic (exact) mass is 227 g/mol. The highest BCUT2D eigenvalue weighted by atomic mass is 32.2. The van der Waals surface area contributed by atoms with Gasteiger partial charge in [0.2, 0.25) is 0 Å². The Kier molecular flexibility index (Phi) is 4.35. The summed E-state index contributed by atoms with van der Waals surface area (Å²) in [7, 11) is 0. The van der Waals surface area contributed by atoms with E-state index in [2.05, 4.69) is 15.3 Å². The molecule has 0 radical (unpaired) electrons. The van der Waals surface area contributed by atoms with Gasteiger partial charge in [0.25, 0.3) is 0 Å². The molecule has 0 fully saturated rings. The first kappa shape index (κ1) is 12.3. The van der Waals surface area contributed by atoms with Crippen molar-refractivity contribution in [3.63, 3.8) is 0 Å². The van der Waals surface area contributed by atoms with Gasteiger partial charge in [-0.1, -0.05) is 6.92 Å². The molecule has 0 saturated carbocycles. The van der Waals surface area contributed by atoms with Crippen LogP contribution in [0.15, 0.2) is 17.4 Å². The molecule has 0 aromatic carbocycles. The molecule has 1 aromatic rings. The first-order valence-electron chi connectivity index (χ1n) is 4.89. The van der Waals surface area contributed by atoms with E-state index in [4.69, 9.17) is 0 Å². The second-order valence-electron chi connectivity index (χ2n) is 3.65. The van der Waals surface area contributed by atoms with Crippen molar-refractivity contribution < 1.29 is 5.11 Å². The molecule has 1 atom stereocenters. The molecule has 5 heteroatoms. The smallest absolute Gasteiger partial charge is 0.130 e. The second-order valence-corrected chi connectivity index (χ2v) is 4.48. The Bertz CT molecular complexity index is 317. The summed E-state index contributed by atoms with van der Waals surface area (Å²) in [5, 5.41) is 13.8. The van der Waals surface area contributed by atoms with Crippen molar-refractivity contribution in [1.29, 1.82) is 0 Å². The van der Waals surface area contributed by atoms with Crippen molar-refractivity contribution >= 4 is 17.6 Å². The number of rotatable bonds is 5. The van der Waals surface area contributed by atoms with Gasteiger partial charge in [-0.3, -0.25) is 0 Å². The van der Waals surface area contributed by atoms with Crippen LogP contribution in [0.1, 0.15) is 20.3 Å². The average Bonchev–Trinajstić information content (AvgIpc) is 2.27. The van der Waals surface area contributed by atoms with Crippen molar-refractivity contribution in [3.8, 4) is 0 Å². The molecule has 84 valence electrons. The fraction of sp³-hybridized carbons (Fsp3) is 0.600. The van der Waals surface area contributed by atoms with E-state index in [0.717, 1.165) is 10.8 Å². The standard InChI is InChI=1S/C10H17N3OS/c1-4-10(2,14)6-11-8-5-9(15-3)13-7-12-8/h5,7,14H,4,6H2,1-3H3,(H,11,12,13). The van der Waals surface area contributed by atoms with Gasteiger partial charge in [0.1, 0.15) is 17.2 Å². The fourth-order valence-corrected chi connectivity index (χ4v) is 1.34. The molecular formula is C10H17N3OS. The molecule has 1 aromatic heterocycles. The molecule has 1 rings (SSSR count). The zero-order chi connectivity index (χ0) is 11.3. The van der Waals surface area contributed by atoms with Crippen molar-refractivity contribution in [1.82, 2.24) is 9.97 Å². The van der Waals surface area contributed by atoms with E-state index in [0.29, 0.717) is 13.0 Å². The van der Waals surface area contributed by atoms with E-state index in [1.807, 2.05) is 19.2 Å². The maximum atomic E-state index is 9.80. The lowest BCUT2D eigenvalue weighted by molar-refractivity contribution is 0.0696. The zero-order valence-electron chi connectivity index (χ0n) is 9.32. The Morgan fingerprint density at radius 3 is 2.87 bits per heavy atom. The van der Waals surface area contributed by atoms with E-state index in [1.54, 1.807) is 18.7 Å². The third kappa shape index (κ3) is 4.05. The molecule has 4 nitrogen and oxygen atoms in total. The number of nitrogens with zero attached hydrogens (tertiary/aromatic N) is 2. The first-order chi connectivity index (χ1) is 7.07. The molecule has 1 unspecified atom stereocenters. The van der Waals surface area contributed by atoms with Crippen molar-refractivity contribution in [2.24, 2.45) is 0 Å². The van der Waals surface area contributed by atoms with Crippen LogP contribution in [0.25, 0.3) is 0 Å². The highest BCUT2D eigenvalue weighted by molar-refractivity contribution is 7.98. The van der Waals surface area contributed by atoms with Gasteiger partial charge in [0.15, 0.2) is 0 Å². The van der Waals surface area contributed by atoms with Crippen LogP contribution in [0.5, 0.6) is 0 Å². The zero-order valence-corrected chi connectivity index (χ0v) is 10.1. The molecule has 15 heavy (non-hydrogen) atoms. The van der Waals surface area contributed by atoms with Gasteiger partial charge in [0.05, 0.1) is 5.60 Å². The number of nitrogens with one attached hydrogen (secondary N) is 1. The number of hydrogen-bond donors (Lipinski definition) is 2. The first-order valence-corrected chi connectivity index (χ1v) is 6.12. The van der Waals surface area contributed by atoms with Crippen molar-refractivity contribution in [2.75, 3.05) is 18.1 Å². The second kappa shape index (κ2) is 5.32. The lowest BCUT2D eigenvalue weighted by Crippen LogP contribution is -2.32. The minimum absolute atomic E-state index is 0.494. The minimum Gasteiger partial charge on any atom is -0.388 e. The lowest BCUT2D eigenvalue weighted by atomic mass is 10.0. The van der Waals surface area contributed by atoms with E-state index in [-0.39, 0.29) is 0 Å². The quantitative estimate of drug-likeness (QED) is 0.593. The maximum absolute atomic E-state index is 9.80. The average molecular weight is 227 g/mol. The maximum Gasteiger partial charge on any atom is 0.130 e. The van der Waals surface area contributed by atoms with Gasteiger partial charge >= 0.3 is 0 Å². The van der Waals surface area contributed by atoms with Crippen molar-refractivity contribution in [3.05, 3.63) is 12.4 Å². The van der Waals surface area contributed by atoms with Gasteiger partial charge in [-0.15, -0.1) is 11.8 Å². The fourth-order valence-electron chi connectivity index (χ4n) is 0.954. The Morgan fingerprint density at radius 1 is 1.53 bits per heavy atom. The SMILES string of the molecule is CCC(C)(O)CNc1cc(SC)ncn1. The molecule has 0 bridgehead atoms. The molecule has 1 heterocycles. The normalized spacial score (nSPS) is 14.7. The third-order valence-corrected chi connectivity index (χ3v) is 2.90. The largest absolute Gasteiger partial charge is 0.388 e. The molecule has 2 N–H and O–H groups in total. The van der Waals surface area contributed by atoms with Gasteiger partial charge < -0.3 is 10.4 Å². The van der Waals surface area contributed by atoms with Crippen LogP contribution in [0, 0.1) is 0 Å². The topological polar surface area (TPSA) is 58.0 Å². The molecular weight excluding hydrogens is 210 g/mol. The van der Waals surface area contributed by atoms with Crippen LogP contribution in [0.2, 0.25) is 0 Å². The van der Waals surface area contributed by atoms with E-state index >= 15 is 0 Å². The van der Waals surface area contributed by atoms with Crippen LogP contribution in [-0.4, -0.2) is 33.5 Å². The molecule has 0 amide bonds. The lowest BCUT2D eigenvalue weighted by Gasteiger charge is -2.21. The minimum atomic E-state index is -0.690. The van der Waals surface area contributed by atoms with Gasteiger partial charge in [-0.05, 0) is 19.6 Å². The number of thioether (sulfide) groups is 1. The van der Waals surface area contributed by atoms with Crippen molar-refractivity contribution in [2.45, 2.75) is 30.9 Å². The summed E-state index contributed by atoms with van der Waals surface area (Å²) in [6, 6.07) is 1.87. The number of aliphatic hydroxyl groups is 1. The predicted octanol–water partition coefficient (Wildman–Crippen LogP) is 1.77. The van der Waals surface area contributed by atoms with Crippen LogP contribution >= 0.6 is 11.8 Å². The Hall–Kier alpha value is -0.810. The summed E-state index contributed by atoms with van der Waals surface area (Å²) in [4.78, 5) is 8.15. The number of hydrogen-bond acceptors (Lipinski definition) is 5. The van der Waals surface area contributed by atoms with Crippen LogP contribution < -0.4 is 5.32 Å². The molecule has 0 aliphatic heterocycles. The predicted molar refractivity (Wildman–Crippen MR) is 63.2 cm³/mol.